The second kappa shape index (κ2) is 7.96. The summed E-state index contributed by atoms with van der Waals surface area (Å²) in [4.78, 5) is 37.6. The lowest BCUT2D eigenvalue weighted by atomic mass is 9.98. The van der Waals surface area contributed by atoms with E-state index in [-0.39, 0.29) is 35.3 Å². The van der Waals surface area contributed by atoms with Crippen LogP contribution in [0.3, 0.4) is 0 Å². The van der Waals surface area contributed by atoms with Crippen molar-refractivity contribution in [3.63, 3.8) is 0 Å². The molecule has 2 aromatic rings. The Morgan fingerprint density at radius 1 is 1.19 bits per heavy atom. The van der Waals surface area contributed by atoms with Crippen molar-refractivity contribution in [2.75, 3.05) is 11.1 Å². The lowest BCUT2D eigenvalue weighted by molar-refractivity contribution is -0.125. The van der Waals surface area contributed by atoms with Gasteiger partial charge >= 0.3 is 0 Å². The van der Waals surface area contributed by atoms with Gasteiger partial charge in [0, 0.05) is 11.3 Å². The summed E-state index contributed by atoms with van der Waals surface area (Å²) in [6.45, 7) is 6.34. The summed E-state index contributed by atoms with van der Waals surface area (Å²) in [6.07, 6.45) is 0. The zero-order valence-corrected chi connectivity index (χ0v) is 16.4. The average Bonchev–Trinajstić information content (AvgIpc) is 2.95. The number of thioether (sulfide) groups is 1. The Morgan fingerprint density at radius 3 is 2.59 bits per heavy atom. The third-order valence-electron chi connectivity index (χ3n) is 4.54. The van der Waals surface area contributed by atoms with Gasteiger partial charge in [-0.3, -0.25) is 19.3 Å². The van der Waals surface area contributed by atoms with Gasteiger partial charge in [0.2, 0.25) is 5.91 Å². The predicted molar refractivity (Wildman–Crippen MR) is 108 cm³/mol. The van der Waals surface area contributed by atoms with Gasteiger partial charge in [0.25, 0.3) is 11.1 Å². The van der Waals surface area contributed by atoms with Crippen LogP contribution in [-0.2, 0) is 11.3 Å². The monoisotopic (exact) mass is 382 g/mol. The number of amides is 3. The van der Waals surface area contributed by atoms with Gasteiger partial charge in [-0.05, 0) is 41.7 Å². The van der Waals surface area contributed by atoms with E-state index in [2.05, 4.69) is 19.2 Å². The maximum absolute atomic E-state index is 12.8. The molecule has 0 unspecified atom stereocenters. The van der Waals surface area contributed by atoms with Gasteiger partial charge in [0.15, 0.2) is 0 Å². The van der Waals surface area contributed by atoms with Crippen LogP contribution in [0.2, 0.25) is 0 Å². The van der Waals surface area contributed by atoms with Gasteiger partial charge in [-0.1, -0.05) is 55.9 Å². The number of carbonyl (C=O) groups excluding carboxylic acids is 3. The van der Waals surface area contributed by atoms with E-state index < -0.39 is 0 Å². The zero-order chi connectivity index (χ0) is 19.6. The first kappa shape index (κ1) is 19.2. The molecule has 2 aromatic carbocycles. The molecule has 3 amide bonds. The van der Waals surface area contributed by atoms with E-state index in [1.807, 2.05) is 31.2 Å². The molecule has 1 heterocycles. The Morgan fingerprint density at radius 2 is 1.93 bits per heavy atom. The van der Waals surface area contributed by atoms with Crippen molar-refractivity contribution in [3.8, 4) is 0 Å². The number of nitrogens with one attached hydrogen (secondary N) is 1. The largest absolute Gasteiger partial charge is 0.321 e. The normalized spacial score (nSPS) is 14.1. The Balaban J connectivity index is 1.81. The minimum Gasteiger partial charge on any atom is -0.321 e. The van der Waals surface area contributed by atoms with Crippen molar-refractivity contribution in [2.45, 2.75) is 33.2 Å². The SMILES string of the molecule is Cc1cccc(C(C)C)c1NC(=O)c1cccc(CN2C(=O)CSC2=O)c1. The van der Waals surface area contributed by atoms with Gasteiger partial charge in [0.1, 0.15) is 0 Å². The first-order valence-electron chi connectivity index (χ1n) is 8.83. The molecule has 1 saturated heterocycles. The molecule has 5 nitrogen and oxygen atoms in total. The van der Waals surface area contributed by atoms with Crippen molar-refractivity contribution in [3.05, 3.63) is 64.7 Å². The number of nitrogens with zero attached hydrogens (tertiary/aromatic N) is 1. The minimum atomic E-state index is -0.239. The number of aryl methyl sites for hydroxylation is 1. The quantitative estimate of drug-likeness (QED) is 0.823. The van der Waals surface area contributed by atoms with Crippen LogP contribution >= 0.6 is 11.8 Å². The van der Waals surface area contributed by atoms with Crippen LogP contribution in [0.5, 0.6) is 0 Å². The van der Waals surface area contributed by atoms with E-state index in [0.717, 1.165) is 34.1 Å². The van der Waals surface area contributed by atoms with Crippen LogP contribution in [0.15, 0.2) is 42.5 Å². The van der Waals surface area contributed by atoms with Crippen LogP contribution in [-0.4, -0.2) is 27.7 Å². The summed E-state index contributed by atoms with van der Waals surface area (Å²) >= 11 is 1.01. The summed E-state index contributed by atoms with van der Waals surface area (Å²) in [7, 11) is 0. The molecular weight excluding hydrogens is 360 g/mol. The molecule has 1 aliphatic heterocycles. The molecule has 1 N–H and O–H groups in total. The number of anilines is 1. The number of rotatable bonds is 5. The summed E-state index contributed by atoms with van der Waals surface area (Å²) in [5.74, 6) is 0.0728. The maximum Gasteiger partial charge on any atom is 0.289 e. The van der Waals surface area contributed by atoms with Crippen LogP contribution in [0.4, 0.5) is 10.5 Å². The summed E-state index contributed by atoms with van der Waals surface area (Å²) in [5, 5.41) is 2.78. The third-order valence-corrected chi connectivity index (χ3v) is 5.39. The van der Waals surface area contributed by atoms with Crippen LogP contribution in [0.25, 0.3) is 0 Å². The minimum absolute atomic E-state index is 0.185. The van der Waals surface area contributed by atoms with Crippen molar-refractivity contribution >= 4 is 34.5 Å². The maximum atomic E-state index is 12.8. The number of hydrogen-bond acceptors (Lipinski definition) is 4. The first-order valence-corrected chi connectivity index (χ1v) is 9.82. The Kier molecular flexibility index (Phi) is 5.65. The topological polar surface area (TPSA) is 66.5 Å². The highest BCUT2D eigenvalue weighted by atomic mass is 32.2. The summed E-state index contributed by atoms with van der Waals surface area (Å²) in [6, 6.07) is 13.0. The molecule has 140 valence electrons. The van der Waals surface area contributed by atoms with E-state index in [1.165, 1.54) is 4.90 Å². The molecule has 0 spiro atoms. The molecule has 0 atom stereocenters. The van der Waals surface area contributed by atoms with Gasteiger partial charge in [-0.25, -0.2) is 0 Å². The predicted octanol–water partition coefficient (Wildman–Crippen LogP) is 4.57. The first-order chi connectivity index (χ1) is 12.9. The average molecular weight is 382 g/mol. The van der Waals surface area contributed by atoms with E-state index in [0.29, 0.717) is 5.56 Å². The number of benzene rings is 2. The highest BCUT2D eigenvalue weighted by Crippen LogP contribution is 2.28. The second-order valence-corrected chi connectivity index (χ2v) is 7.81. The summed E-state index contributed by atoms with van der Waals surface area (Å²) < 4.78 is 0. The summed E-state index contributed by atoms with van der Waals surface area (Å²) in [5.41, 5.74) is 4.18. The molecule has 0 aliphatic carbocycles. The van der Waals surface area contributed by atoms with Crippen molar-refractivity contribution < 1.29 is 14.4 Å². The second-order valence-electron chi connectivity index (χ2n) is 6.88. The molecule has 0 bridgehead atoms. The van der Waals surface area contributed by atoms with Gasteiger partial charge in [-0.15, -0.1) is 0 Å². The molecule has 1 fully saturated rings. The molecule has 3 rings (SSSR count). The lowest BCUT2D eigenvalue weighted by Crippen LogP contribution is -2.28. The van der Waals surface area contributed by atoms with Gasteiger partial charge in [-0.2, -0.15) is 0 Å². The molecule has 1 aliphatic rings. The molecule has 0 radical (unpaired) electrons. The molecule has 6 heteroatoms. The van der Waals surface area contributed by atoms with E-state index in [1.54, 1.807) is 18.2 Å². The molecular formula is C21H22N2O3S. The number of carbonyl (C=O) groups is 3. The van der Waals surface area contributed by atoms with Crippen molar-refractivity contribution in [2.24, 2.45) is 0 Å². The van der Waals surface area contributed by atoms with Crippen LogP contribution in [0.1, 0.15) is 46.8 Å². The molecule has 27 heavy (non-hydrogen) atoms. The lowest BCUT2D eigenvalue weighted by Gasteiger charge is -2.17. The van der Waals surface area contributed by atoms with Crippen molar-refractivity contribution in [1.29, 1.82) is 0 Å². The highest BCUT2D eigenvalue weighted by molar-refractivity contribution is 8.14. The highest BCUT2D eigenvalue weighted by Gasteiger charge is 2.29. The fourth-order valence-corrected chi connectivity index (χ4v) is 3.78. The molecule has 0 aromatic heterocycles. The fraction of sp³-hybridized carbons (Fsp3) is 0.286. The Hall–Kier alpha value is -2.60. The molecule has 0 saturated carbocycles. The smallest absolute Gasteiger partial charge is 0.289 e. The fourth-order valence-electron chi connectivity index (χ4n) is 3.06. The third kappa shape index (κ3) is 4.22. The van der Waals surface area contributed by atoms with Crippen molar-refractivity contribution in [1.82, 2.24) is 4.90 Å². The van der Waals surface area contributed by atoms with Gasteiger partial charge < -0.3 is 5.32 Å². The number of imide groups is 1. The Labute approximate surface area is 163 Å². The Bertz CT molecular complexity index is 892. The van der Waals surface area contributed by atoms with E-state index >= 15 is 0 Å². The van der Waals surface area contributed by atoms with E-state index in [9.17, 15) is 14.4 Å². The standard InChI is InChI=1S/C21H22N2O3S/c1-13(2)17-9-4-6-14(3)19(17)22-20(25)16-8-5-7-15(10-16)11-23-18(24)12-27-21(23)26/h4-10,13H,11-12H2,1-3H3,(H,22,25). The van der Waals surface area contributed by atoms with Gasteiger partial charge in [0.05, 0.1) is 12.3 Å². The van der Waals surface area contributed by atoms with E-state index in [4.69, 9.17) is 0 Å². The number of para-hydroxylation sites is 1. The zero-order valence-electron chi connectivity index (χ0n) is 15.6. The van der Waals surface area contributed by atoms with Crippen LogP contribution < -0.4 is 5.32 Å². The number of hydrogen-bond donors (Lipinski definition) is 1. The van der Waals surface area contributed by atoms with Crippen LogP contribution in [0, 0.1) is 6.92 Å².